The van der Waals surface area contributed by atoms with Crippen molar-refractivity contribution in [3.63, 3.8) is 0 Å². The van der Waals surface area contributed by atoms with Gasteiger partial charge in [-0.05, 0) is 48.5 Å². The van der Waals surface area contributed by atoms with Gasteiger partial charge in [-0.3, -0.25) is 19.2 Å². The monoisotopic (exact) mass is 506 g/mol. The maximum absolute atomic E-state index is 12.4. The highest BCUT2D eigenvalue weighted by Crippen LogP contribution is 2.20. The average molecular weight is 507 g/mol. The molecule has 2 N–H and O–H groups in total. The van der Waals surface area contributed by atoms with Gasteiger partial charge in [0.15, 0.2) is 10.9 Å². The molecule has 0 saturated heterocycles. The summed E-state index contributed by atoms with van der Waals surface area (Å²) in [6.07, 6.45) is 0. The maximum Gasteiger partial charge on any atom is 0.323 e. The number of benzene rings is 4. The van der Waals surface area contributed by atoms with Crippen molar-refractivity contribution in [2.45, 2.75) is 13.1 Å². The predicted molar refractivity (Wildman–Crippen MR) is 147 cm³/mol. The standard InChI is InChI=1S/2C15H11NO3/c2*17-14(18)9-16-12-7-3-1-5-10(12)15(19)11-6-2-4-8-13(11)16/h2*1-8H,9H2,(H,17,18). The summed E-state index contributed by atoms with van der Waals surface area (Å²) in [7, 11) is 0. The molecule has 2 heterocycles. The molecule has 0 radical (unpaired) electrons. The molecular formula is C30H22N2O6. The number of hydrogen-bond donors (Lipinski definition) is 2. The Balaban J connectivity index is 0.000000155. The highest BCUT2D eigenvalue weighted by Gasteiger charge is 2.13. The van der Waals surface area contributed by atoms with Crippen LogP contribution in [0.3, 0.4) is 0 Å². The molecule has 0 bridgehead atoms. The third-order valence-corrected chi connectivity index (χ3v) is 6.34. The number of carboxylic acids is 2. The quantitative estimate of drug-likeness (QED) is 0.341. The van der Waals surface area contributed by atoms with Crippen molar-refractivity contribution >= 4 is 55.6 Å². The van der Waals surface area contributed by atoms with Crippen molar-refractivity contribution in [2.24, 2.45) is 0 Å². The van der Waals surface area contributed by atoms with E-state index in [0.29, 0.717) is 43.6 Å². The van der Waals surface area contributed by atoms with Crippen molar-refractivity contribution in [1.82, 2.24) is 9.13 Å². The fourth-order valence-electron chi connectivity index (χ4n) is 4.76. The second-order valence-corrected chi connectivity index (χ2v) is 8.69. The lowest BCUT2D eigenvalue weighted by Crippen LogP contribution is -2.15. The number of fused-ring (bicyclic) bond motifs is 4. The van der Waals surface area contributed by atoms with Gasteiger partial charge in [-0.15, -0.1) is 0 Å². The molecule has 38 heavy (non-hydrogen) atoms. The van der Waals surface area contributed by atoms with Crippen LogP contribution in [-0.4, -0.2) is 31.3 Å². The zero-order valence-corrected chi connectivity index (χ0v) is 20.1. The number of carboxylic acid groups (broad SMARTS) is 2. The Morgan fingerprint density at radius 1 is 0.474 bits per heavy atom. The first-order chi connectivity index (χ1) is 18.4. The number of aromatic nitrogens is 2. The number of aliphatic carboxylic acids is 2. The van der Waals surface area contributed by atoms with Crippen molar-refractivity contribution in [3.8, 4) is 0 Å². The van der Waals surface area contributed by atoms with E-state index in [0.717, 1.165) is 0 Å². The second kappa shape index (κ2) is 10.0. The van der Waals surface area contributed by atoms with Crippen LogP contribution in [0, 0.1) is 0 Å². The Hall–Kier alpha value is -5.24. The van der Waals surface area contributed by atoms with E-state index >= 15 is 0 Å². The Morgan fingerprint density at radius 2 is 0.711 bits per heavy atom. The molecule has 0 spiro atoms. The first-order valence-corrected chi connectivity index (χ1v) is 11.8. The molecule has 0 saturated carbocycles. The highest BCUT2D eigenvalue weighted by atomic mass is 16.4. The van der Waals surface area contributed by atoms with Gasteiger partial charge in [0.1, 0.15) is 13.1 Å². The van der Waals surface area contributed by atoms with Gasteiger partial charge in [-0.2, -0.15) is 0 Å². The van der Waals surface area contributed by atoms with Crippen LogP contribution in [0.5, 0.6) is 0 Å². The van der Waals surface area contributed by atoms with Gasteiger partial charge in [0, 0.05) is 21.5 Å². The minimum atomic E-state index is -0.932. The van der Waals surface area contributed by atoms with E-state index in [9.17, 15) is 19.2 Å². The maximum atomic E-state index is 12.4. The van der Waals surface area contributed by atoms with Crippen LogP contribution in [0.4, 0.5) is 0 Å². The Bertz CT molecular complexity index is 1720. The summed E-state index contributed by atoms with van der Waals surface area (Å²) < 4.78 is 3.32. The summed E-state index contributed by atoms with van der Waals surface area (Å²) >= 11 is 0. The third kappa shape index (κ3) is 4.39. The Morgan fingerprint density at radius 3 is 0.947 bits per heavy atom. The fraction of sp³-hybridized carbons (Fsp3) is 0.0667. The molecule has 0 aliphatic rings. The van der Waals surface area contributed by atoms with Crippen molar-refractivity contribution < 1.29 is 19.8 Å². The summed E-state index contributed by atoms with van der Waals surface area (Å²) in [4.78, 5) is 46.8. The van der Waals surface area contributed by atoms with Crippen LogP contribution in [0.1, 0.15) is 0 Å². The highest BCUT2D eigenvalue weighted by molar-refractivity contribution is 5.95. The van der Waals surface area contributed by atoms with Crippen LogP contribution in [-0.2, 0) is 22.7 Å². The molecule has 6 aromatic rings. The van der Waals surface area contributed by atoms with E-state index in [-0.39, 0.29) is 23.9 Å². The summed E-state index contributed by atoms with van der Waals surface area (Å²) in [5.41, 5.74) is 2.46. The minimum absolute atomic E-state index is 0.0622. The van der Waals surface area contributed by atoms with E-state index in [1.54, 1.807) is 106 Å². The van der Waals surface area contributed by atoms with Gasteiger partial charge >= 0.3 is 11.9 Å². The first-order valence-electron chi connectivity index (χ1n) is 11.8. The molecule has 4 aromatic carbocycles. The van der Waals surface area contributed by atoms with Crippen molar-refractivity contribution in [1.29, 1.82) is 0 Å². The number of rotatable bonds is 4. The SMILES string of the molecule is O=C(O)Cn1c2ccccc2c(=O)c2ccccc21.O=C(O)Cn1c2ccccc2c(=O)c2ccccc21. The molecule has 8 heteroatoms. The fourth-order valence-corrected chi connectivity index (χ4v) is 4.76. The molecule has 188 valence electrons. The van der Waals surface area contributed by atoms with Crippen LogP contribution < -0.4 is 10.9 Å². The van der Waals surface area contributed by atoms with Gasteiger partial charge in [-0.1, -0.05) is 48.5 Å². The topological polar surface area (TPSA) is 119 Å². The molecular weight excluding hydrogens is 484 g/mol. The van der Waals surface area contributed by atoms with Crippen molar-refractivity contribution in [3.05, 3.63) is 118 Å². The first kappa shape index (κ1) is 24.5. The van der Waals surface area contributed by atoms with Gasteiger partial charge in [0.05, 0.1) is 22.1 Å². The molecule has 0 aliphatic carbocycles. The minimum Gasteiger partial charge on any atom is -0.480 e. The Labute approximate surface area is 215 Å². The zero-order valence-electron chi connectivity index (χ0n) is 20.1. The van der Waals surface area contributed by atoms with E-state index in [4.69, 9.17) is 10.2 Å². The molecule has 0 atom stereocenters. The van der Waals surface area contributed by atoms with Crippen LogP contribution in [0.2, 0.25) is 0 Å². The summed E-state index contributed by atoms with van der Waals surface area (Å²) in [6, 6.07) is 28.3. The van der Waals surface area contributed by atoms with Gasteiger partial charge in [-0.25, -0.2) is 0 Å². The zero-order chi connectivity index (χ0) is 26.8. The summed E-state index contributed by atoms with van der Waals surface area (Å²) in [5, 5.41) is 20.3. The van der Waals surface area contributed by atoms with Gasteiger partial charge < -0.3 is 19.3 Å². The van der Waals surface area contributed by atoms with E-state index < -0.39 is 11.9 Å². The second-order valence-electron chi connectivity index (χ2n) is 8.69. The number of hydrogen-bond acceptors (Lipinski definition) is 4. The predicted octanol–water partition coefficient (Wildman–Crippen LogP) is 4.48. The summed E-state index contributed by atoms with van der Waals surface area (Å²) in [6.45, 7) is -0.331. The van der Waals surface area contributed by atoms with Crippen LogP contribution in [0.25, 0.3) is 43.6 Å². The number of para-hydroxylation sites is 4. The summed E-state index contributed by atoms with van der Waals surface area (Å²) in [5.74, 6) is -1.86. The van der Waals surface area contributed by atoms with Crippen molar-refractivity contribution in [2.75, 3.05) is 0 Å². The lowest BCUT2D eigenvalue weighted by Gasteiger charge is -2.12. The third-order valence-electron chi connectivity index (χ3n) is 6.34. The molecule has 0 aliphatic heterocycles. The largest absolute Gasteiger partial charge is 0.480 e. The number of nitrogens with zero attached hydrogens (tertiary/aromatic N) is 2. The number of pyridine rings is 2. The van der Waals surface area contributed by atoms with E-state index in [1.165, 1.54) is 0 Å². The van der Waals surface area contributed by atoms with E-state index in [1.807, 2.05) is 0 Å². The molecule has 2 aromatic heterocycles. The van der Waals surface area contributed by atoms with E-state index in [2.05, 4.69) is 0 Å². The average Bonchev–Trinajstić information content (AvgIpc) is 2.93. The van der Waals surface area contributed by atoms with Crippen LogP contribution >= 0.6 is 0 Å². The Kier molecular flexibility index (Phi) is 6.45. The van der Waals surface area contributed by atoms with Crippen LogP contribution in [0.15, 0.2) is 107 Å². The molecule has 8 nitrogen and oxygen atoms in total. The smallest absolute Gasteiger partial charge is 0.323 e. The molecule has 0 unspecified atom stereocenters. The van der Waals surface area contributed by atoms with Gasteiger partial charge in [0.2, 0.25) is 0 Å². The lowest BCUT2D eigenvalue weighted by molar-refractivity contribution is -0.138. The normalized spacial score (nSPS) is 10.9. The molecule has 6 rings (SSSR count). The molecule has 0 amide bonds. The molecule has 0 fully saturated rings. The number of carbonyl (C=O) groups is 2. The lowest BCUT2D eigenvalue weighted by atomic mass is 10.1. The van der Waals surface area contributed by atoms with Gasteiger partial charge in [0.25, 0.3) is 0 Å².